The molecule has 1 unspecified atom stereocenters. The predicted molar refractivity (Wildman–Crippen MR) is 97.5 cm³/mol. The molecule has 0 saturated carbocycles. The van der Waals surface area contributed by atoms with Gasteiger partial charge in [-0.3, -0.25) is 4.79 Å². The van der Waals surface area contributed by atoms with Crippen molar-refractivity contribution in [1.82, 2.24) is 10.6 Å². The van der Waals surface area contributed by atoms with E-state index in [1.165, 1.54) is 22.3 Å². The maximum absolute atomic E-state index is 12.4. The lowest BCUT2D eigenvalue weighted by atomic mass is 9.85. The van der Waals surface area contributed by atoms with E-state index in [1.807, 2.05) is 18.2 Å². The van der Waals surface area contributed by atoms with Crippen molar-refractivity contribution in [3.8, 4) is 0 Å². The predicted octanol–water partition coefficient (Wildman–Crippen LogP) is 3.74. The van der Waals surface area contributed by atoms with Crippen molar-refractivity contribution in [2.24, 2.45) is 5.92 Å². The molecule has 3 rings (SSSR count). The molecule has 1 heterocycles. The van der Waals surface area contributed by atoms with Crippen LogP contribution < -0.4 is 10.6 Å². The minimum absolute atomic E-state index is 0.121. The molecule has 1 atom stereocenters. The second kappa shape index (κ2) is 7.63. The fourth-order valence-corrected chi connectivity index (χ4v) is 3.37. The summed E-state index contributed by atoms with van der Waals surface area (Å²) in [5.74, 6) is 0.816. The summed E-state index contributed by atoms with van der Waals surface area (Å²) in [4.78, 5) is 12.4. The SMILES string of the molecule is CC(C)C(CC(=O)NCc1ccc2c(c1)CNC2)c1ccccc1. The molecule has 1 amide bonds. The van der Waals surface area contributed by atoms with Crippen LogP contribution in [0.2, 0.25) is 0 Å². The summed E-state index contributed by atoms with van der Waals surface area (Å²) in [6.07, 6.45) is 0.536. The third-order valence-corrected chi connectivity index (χ3v) is 4.83. The number of nitrogens with one attached hydrogen (secondary N) is 2. The molecule has 126 valence electrons. The topological polar surface area (TPSA) is 41.1 Å². The molecular formula is C21H26N2O. The fourth-order valence-electron chi connectivity index (χ4n) is 3.37. The highest BCUT2D eigenvalue weighted by Crippen LogP contribution is 2.27. The summed E-state index contributed by atoms with van der Waals surface area (Å²) >= 11 is 0. The lowest BCUT2D eigenvalue weighted by Crippen LogP contribution is -2.26. The van der Waals surface area contributed by atoms with E-state index in [-0.39, 0.29) is 11.8 Å². The van der Waals surface area contributed by atoms with Crippen LogP contribution in [0.4, 0.5) is 0 Å². The van der Waals surface area contributed by atoms with Gasteiger partial charge in [0.1, 0.15) is 0 Å². The molecule has 3 heteroatoms. The Kier molecular flexibility index (Phi) is 5.31. The summed E-state index contributed by atoms with van der Waals surface area (Å²) in [5, 5.41) is 6.44. The highest BCUT2D eigenvalue weighted by molar-refractivity contribution is 5.77. The van der Waals surface area contributed by atoms with Crippen molar-refractivity contribution in [3.05, 3.63) is 70.8 Å². The maximum Gasteiger partial charge on any atom is 0.220 e. The molecule has 0 bridgehead atoms. The first-order valence-corrected chi connectivity index (χ1v) is 8.76. The summed E-state index contributed by atoms with van der Waals surface area (Å²) < 4.78 is 0. The van der Waals surface area contributed by atoms with Gasteiger partial charge in [-0.15, -0.1) is 0 Å². The average Bonchev–Trinajstić information content (AvgIpc) is 3.06. The third kappa shape index (κ3) is 4.04. The molecule has 0 saturated heterocycles. The maximum atomic E-state index is 12.4. The molecule has 2 aromatic rings. The Labute approximate surface area is 144 Å². The number of benzene rings is 2. The lowest BCUT2D eigenvalue weighted by Gasteiger charge is -2.21. The summed E-state index contributed by atoms with van der Waals surface area (Å²) in [5.41, 5.74) is 5.14. The lowest BCUT2D eigenvalue weighted by molar-refractivity contribution is -0.121. The molecule has 0 radical (unpaired) electrons. The summed E-state index contributed by atoms with van der Waals surface area (Å²) in [6, 6.07) is 16.8. The highest BCUT2D eigenvalue weighted by atomic mass is 16.1. The normalized spacial score (nSPS) is 14.5. The van der Waals surface area contributed by atoms with E-state index in [9.17, 15) is 4.79 Å². The molecule has 24 heavy (non-hydrogen) atoms. The Morgan fingerprint density at radius 1 is 1.08 bits per heavy atom. The van der Waals surface area contributed by atoms with Crippen LogP contribution in [0.1, 0.15) is 48.4 Å². The smallest absolute Gasteiger partial charge is 0.220 e. The van der Waals surface area contributed by atoms with Gasteiger partial charge in [0.2, 0.25) is 5.91 Å². The Hall–Kier alpha value is -2.13. The zero-order valence-electron chi connectivity index (χ0n) is 14.5. The number of amides is 1. The van der Waals surface area contributed by atoms with E-state index in [4.69, 9.17) is 0 Å². The van der Waals surface area contributed by atoms with Crippen LogP contribution in [0, 0.1) is 5.92 Å². The van der Waals surface area contributed by atoms with Gasteiger partial charge in [-0.1, -0.05) is 62.4 Å². The van der Waals surface area contributed by atoms with Crippen LogP contribution in [-0.2, 0) is 24.4 Å². The van der Waals surface area contributed by atoms with Crippen molar-refractivity contribution in [2.75, 3.05) is 0 Å². The van der Waals surface area contributed by atoms with Crippen molar-refractivity contribution in [2.45, 2.75) is 45.8 Å². The van der Waals surface area contributed by atoms with Crippen LogP contribution in [0.3, 0.4) is 0 Å². The van der Waals surface area contributed by atoms with Crippen LogP contribution in [-0.4, -0.2) is 5.91 Å². The molecule has 0 aliphatic carbocycles. The highest BCUT2D eigenvalue weighted by Gasteiger charge is 2.19. The Morgan fingerprint density at radius 2 is 1.83 bits per heavy atom. The van der Waals surface area contributed by atoms with Gasteiger partial charge in [-0.05, 0) is 34.1 Å². The number of hydrogen-bond donors (Lipinski definition) is 2. The van der Waals surface area contributed by atoms with E-state index in [2.05, 4.69) is 54.8 Å². The molecule has 0 fully saturated rings. The van der Waals surface area contributed by atoms with Crippen molar-refractivity contribution in [3.63, 3.8) is 0 Å². The van der Waals surface area contributed by atoms with Crippen LogP contribution in [0.15, 0.2) is 48.5 Å². The summed E-state index contributed by atoms with van der Waals surface area (Å²) in [7, 11) is 0. The first-order valence-electron chi connectivity index (χ1n) is 8.76. The van der Waals surface area contributed by atoms with Gasteiger partial charge in [0.15, 0.2) is 0 Å². The van der Waals surface area contributed by atoms with E-state index < -0.39 is 0 Å². The fraction of sp³-hybridized carbons (Fsp3) is 0.381. The van der Waals surface area contributed by atoms with Crippen LogP contribution in [0.5, 0.6) is 0 Å². The number of fused-ring (bicyclic) bond motifs is 1. The first kappa shape index (κ1) is 16.7. The standard InChI is InChI=1S/C21H26N2O/c1-15(2)20(17-6-4-3-5-7-17)11-21(24)23-12-16-8-9-18-13-22-14-19(18)10-16/h3-10,15,20,22H,11-14H2,1-2H3,(H,23,24). The third-order valence-electron chi connectivity index (χ3n) is 4.83. The Morgan fingerprint density at radius 3 is 2.58 bits per heavy atom. The zero-order chi connectivity index (χ0) is 16.9. The van der Waals surface area contributed by atoms with E-state index in [0.29, 0.717) is 18.9 Å². The van der Waals surface area contributed by atoms with E-state index >= 15 is 0 Å². The first-order chi connectivity index (χ1) is 11.6. The second-order valence-electron chi connectivity index (χ2n) is 6.95. The quantitative estimate of drug-likeness (QED) is 0.851. The zero-order valence-corrected chi connectivity index (χ0v) is 14.5. The van der Waals surface area contributed by atoms with Gasteiger partial charge in [0.25, 0.3) is 0 Å². The molecule has 0 spiro atoms. The monoisotopic (exact) mass is 322 g/mol. The van der Waals surface area contributed by atoms with Gasteiger partial charge >= 0.3 is 0 Å². The van der Waals surface area contributed by atoms with E-state index in [0.717, 1.165) is 13.1 Å². The van der Waals surface area contributed by atoms with Crippen LogP contribution in [0.25, 0.3) is 0 Å². The Bertz CT molecular complexity index is 694. The molecule has 0 aromatic heterocycles. The van der Waals surface area contributed by atoms with Crippen LogP contribution >= 0.6 is 0 Å². The van der Waals surface area contributed by atoms with Crippen molar-refractivity contribution in [1.29, 1.82) is 0 Å². The second-order valence-corrected chi connectivity index (χ2v) is 6.95. The molecule has 2 N–H and O–H groups in total. The van der Waals surface area contributed by atoms with Gasteiger partial charge in [0, 0.05) is 26.1 Å². The molecule has 3 nitrogen and oxygen atoms in total. The summed E-state index contributed by atoms with van der Waals surface area (Å²) in [6.45, 7) is 6.85. The number of hydrogen-bond acceptors (Lipinski definition) is 2. The van der Waals surface area contributed by atoms with Gasteiger partial charge in [-0.2, -0.15) is 0 Å². The molecule has 2 aromatic carbocycles. The minimum atomic E-state index is 0.121. The van der Waals surface area contributed by atoms with Crippen molar-refractivity contribution >= 4 is 5.91 Å². The largest absolute Gasteiger partial charge is 0.352 e. The Balaban J connectivity index is 1.58. The minimum Gasteiger partial charge on any atom is -0.352 e. The average molecular weight is 322 g/mol. The van der Waals surface area contributed by atoms with Crippen molar-refractivity contribution < 1.29 is 4.79 Å². The number of carbonyl (C=O) groups is 1. The number of carbonyl (C=O) groups excluding carboxylic acids is 1. The molecule has 1 aliphatic rings. The molecular weight excluding hydrogens is 296 g/mol. The van der Waals surface area contributed by atoms with Gasteiger partial charge in [0.05, 0.1) is 0 Å². The number of rotatable bonds is 6. The van der Waals surface area contributed by atoms with Gasteiger partial charge < -0.3 is 10.6 Å². The van der Waals surface area contributed by atoms with Gasteiger partial charge in [-0.25, -0.2) is 0 Å². The van der Waals surface area contributed by atoms with E-state index in [1.54, 1.807) is 0 Å². The molecule has 1 aliphatic heterocycles.